The van der Waals surface area contributed by atoms with Crippen molar-refractivity contribution in [3.05, 3.63) is 12.4 Å². The van der Waals surface area contributed by atoms with E-state index in [9.17, 15) is 0 Å². The SMILES string of the molecule is CCCCCCCCCCCCCCCCC1N(C(C)C)C=CN1C(C)C. The van der Waals surface area contributed by atoms with Crippen molar-refractivity contribution in [2.75, 3.05) is 0 Å². The van der Waals surface area contributed by atoms with Gasteiger partial charge in [0.2, 0.25) is 0 Å². The Hall–Kier alpha value is -0.660. The summed E-state index contributed by atoms with van der Waals surface area (Å²) in [5.74, 6) is 0. The van der Waals surface area contributed by atoms with Gasteiger partial charge in [0.1, 0.15) is 6.17 Å². The van der Waals surface area contributed by atoms with Gasteiger partial charge in [-0.1, -0.05) is 90.4 Å². The lowest BCUT2D eigenvalue weighted by molar-refractivity contribution is 0.0946. The molecule has 27 heavy (non-hydrogen) atoms. The summed E-state index contributed by atoms with van der Waals surface area (Å²) in [5, 5.41) is 0. The average Bonchev–Trinajstić information content (AvgIpc) is 3.06. The first-order valence-corrected chi connectivity index (χ1v) is 12.3. The maximum Gasteiger partial charge on any atom is 0.101 e. The van der Waals surface area contributed by atoms with Gasteiger partial charge < -0.3 is 9.80 Å². The standard InChI is InChI=1S/C25H50N2/c1-6-7-8-9-10-11-12-13-14-15-16-17-18-19-20-25-26(23(2)3)21-22-27(25)24(4)5/h21-25H,6-20H2,1-5H3. The molecule has 1 aliphatic heterocycles. The summed E-state index contributed by atoms with van der Waals surface area (Å²) in [5.41, 5.74) is 0. The molecular formula is C25H50N2. The summed E-state index contributed by atoms with van der Waals surface area (Å²) >= 11 is 0. The number of hydrogen-bond donors (Lipinski definition) is 0. The van der Waals surface area contributed by atoms with E-state index in [0.29, 0.717) is 18.2 Å². The van der Waals surface area contributed by atoms with E-state index >= 15 is 0 Å². The molecule has 0 amide bonds. The topological polar surface area (TPSA) is 6.48 Å². The van der Waals surface area contributed by atoms with Crippen LogP contribution in [0.5, 0.6) is 0 Å². The van der Waals surface area contributed by atoms with Crippen molar-refractivity contribution in [1.29, 1.82) is 0 Å². The smallest absolute Gasteiger partial charge is 0.101 e. The minimum Gasteiger partial charge on any atom is -0.354 e. The molecule has 0 radical (unpaired) electrons. The van der Waals surface area contributed by atoms with Crippen LogP contribution in [0.3, 0.4) is 0 Å². The molecule has 0 spiro atoms. The van der Waals surface area contributed by atoms with Gasteiger partial charge in [0.05, 0.1) is 0 Å². The number of rotatable bonds is 17. The van der Waals surface area contributed by atoms with E-state index in [4.69, 9.17) is 0 Å². The van der Waals surface area contributed by atoms with E-state index in [0.717, 1.165) is 0 Å². The summed E-state index contributed by atoms with van der Waals surface area (Å²) < 4.78 is 0. The molecule has 0 aromatic carbocycles. The van der Waals surface area contributed by atoms with Crippen molar-refractivity contribution in [2.45, 2.75) is 149 Å². The second-order valence-electron chi connectivity index (χ2n) is 9.25. The molecule has 0 saturated carbocycles. The summed E-state index contributed by atoms with van der Waals surface area (Å²) in [4.78, 5) is 5.09. The van der Waals surface area contributed by atoms with Crippen LogP contribution in [0.4, 0.5) is 0 Å². The Kier molecular flexibility index (Phi) is 13.8. The molecule has 160 valence electrons. The van der Waals surface area contributed by atoms with Gasteiger partial charge in [0, 0.05) is 24.5 Å². The van der Waals surface area contributed by atoms with Crippen molar-refractivity contribution < 1.29 is 0 Å². The quantitative estimate of drug-likeness (QED) is 0.236. The Morgan fingerprint density at radius 1 is 0.556 bits per heavy atom. The minimum absolute atomic E-state index is 0.585. The highest BCUT2D eigenvalue weighted by molar-refractivity contribution is 4.99. The van der Waals surface area contributed by atoms with Gasteiger partial charge in [-0.15, -0.1) is 0 Å². The van der Waals surface area contributed by atoms with Crippen LogP contribution < -0.4 is 0 Å². The van der Waals surface area contributed by atoms with Crippen LogP contribution in [-0.2, 0) is 0 Å². The van der Waals surface area contributed by atoms with Crippen LogP contribution in [0.2, 0.25) is 0 Å². The van der Waals surface area contributed by atoms with Crippen LogP contribution >= 0.6 is 0 Å². The highest BCUT2D eigenvalue weighted by Crippen LogP contribution is 2.25. The molecule has 0 fully saturated rings. The van der Waals surface area contributed by atoms with E-state index < -0.39 is 0 Å². The van der Waals surface area contributed by atoms with E-state index in [1.807, 2.05) is 0 Å². The van der Waals surface area contributed by atoms with Crippen molar-refractivity contribution in [2.24, 2.45) is 0 Å². The van der Waals surface area contributed by atoms with E-state index in [1.54, 1.807) is 0 Å². The average molecular weight is 379 g/mol. The number of hydrogen-bond acceptors (Lipinski definition) is 2. The molecule has 1 rings (SSSR count). The maximum absolute atomic E-state index is 2.54. The second-order valence-corrected chi connectivity index (χ2v) is 9.25. The predicted octanol–water partition coefficient (Wildman–Crippen LogP) is 8.09. The molecule has 1 heterocycles. The van der Waals surface area contributed by atoms with Crippen LogP contribution in [0, 0.1) is 0 Å². The first kappa shape index (κ1) is 24.4. The highest BCUT2D eigenvalue weighted by Gasteiger charge is 2.28. The third kappa shape index (κ3) is 10.5. The molecule has 0 N–H and O–H groups in total. The summed E-state index contributed by atoms with van der Waals surface area (Å²) in [6.07, 6.45) is 26.7. The van der Waals surface area contributed by atoms with Gasteiger partial charge in [0.25, 0.3) is 0 Å². The molecule has 0 saturated heterocycles. The van der Waals surface area contributed by atoms with E-state index in [2.05, 4.69) is 56.8 Å². The maximum atomic E-state index is 2.54. The van der Waals surface area contributed by atoms with Gasteiger partial charge in [-0.25, -0.2) is 0 Å². The van der Waals surface area contributed by atoms with Crippen LogP contribution in [-0.4, -0.2) is 28.0 Å². The number of unbranched alkanes of at least 4 members (excludes halogenated alkanes) is 13. The molecular weight excluding hydrogens is 328 g/mol. The zero-order valence-corrected chi connectivity index (χ0v) is 19.4. The first-order valence-electron chi connectivity index (χ1n) is 12.3. The third-order valence-electron chi connectivity index (χ3n) is 6.11. The largest absolute Gasteiger partial charge is 0.354 e. The monoisotopic (exact) mass is 378 g/mol. The molecule has 2 heteroatoms. The molecule has 0 aromatic heterocycles. The van der Waals surface area contributed by atoms with Crippen LogP contribution in [0.15, 0.2) is 12.4 Å². The van der Waals surface area contributed by atoms with E-state index in [-0.39, 0.29) is 0 Å². The summed E-state index contributed by atoms with van der Waals surface area (Å²) in [6.45, 7) is 11.5. The van der Waals surface area contributed by atoms with Gasteiger partial charge in [-0.05, 0) is 40.5 Å². The lowest BCUT2D eigenvalue weighted by Crippen LogP contribution is -2.44. The lowest BCUT2D eigenvalue weighted by Gasteiger charge is -2.37. The Morgan fingerprint density at radius 2 is 0.889 bits per heavy atom. The van der Waals surface area contributed by atoms with E-state index in [1.165, 1.54) is 96.3 Å². The fourth-order valence-corrected chi connectivity index (χ4v) is 4.36. The van der Waals surface area contributed by atoms with Crippen LogP contribution in [0.1, 0.15) is 131 Å². The molecule has 0 aromatic rings. The fraction of sp³-hybridized carbons (Fsp3) is 0.920. The van der Waals surface area contributed by atoms with Crippen molar-refractivity contribution in [3.63, 3.8) is 0 Å². The third-order valence-corrected chi connectivity index (χ3v) is 6.11. The van der Waals surface area contributed by atoms with Gasteiger partial charge >= 0.3 is 0 Å². The second kappa shape index (κ2) is 15.3. The lowest BCUT2D eigenvalue weighted by atomic mass is 10.0. The zero-order valence-electron chi connectivity index (χ0n) is 19.4. The zero-order chi connectivity index (χ0) is 19.9. The summed E-state index contributed by atoms with van der Waals surface area (Å²) in [6, 6.07) is 1.20. The van der Waals surface area contributed by atoms with Gasteiger partial charge in [-0.2, -0.15) is 0 Å². The molecule has 0 bridgehead atoms. The Labute approximate surface area is 171 Å². The Morgan fingerprint density at radius 3 is 1.22 bits per heavy atom. The summed E-state index contributed by atoms with van der Waals surface area (Å²) in [7, 11) is 0. The molecule has 1 aliphatic rings. The predicted molar refractivity (Wildman–Crippen MR) is 122 cm³/mol. The highest BCUT2D eigenvalue weighted by atomic mass is 15.4. The van der Waals surface area contributed by atoms with Crippen molar-refractivity contribution in [1.82, 2.24) is 9.80 Å². The molecule has 0 unspecified atom stereocenters. The molecule has 0 atom stereocenters. The van der Waals surface area contributed by atoms with Crippen molar-refractivity contribution in [3.8, 4) is 0 Å². The van der Waals surface area contributed by atoms with Crippen LogP contribution in [0.25, 0.3) is 0 Å². The van der Waals surface area contributed by atoms with Gasteiger partial charge in [-0.3, -0.25) is 0 Å². The minimum atomic E-state index is 0.585. The Balaban J connectivity index is 1.96. The fourth-order valence-electron chi connectivity index (χ4n) is 4.36. The molecule has 2 nitrogen and oxygen atoms in total. The first-order chi connectivity index (χ1) is 13.1. The van der Waals surface area contributed by atoms with Gasteiger partial charge in [0.15, 0.2) is 0 Å². The normalized spacial score (nSPS) is 15.1. The number of nitrogens with zero attached hydrogens (tertiary/aromatic N) is 2. The Bertz CT molecular complexity index is 343. The molecule has 0 aliphatic carbocycles. The van der Waals surface area contributed by atoms with Crippen molar-refractivity contribution >= 4 is 0 Å².